The quantitative estimate of drug-likeness (QED) is 0.521. The van der Waals surface area contributed by atoms with Gasteiger partial charge in [0.1, 0.15) is 0 Å². The van der Waals surface area contributed by atoms with Gasteiger partial charge in [-0.15, -0.1) is 0 Å². The molecule has 2 atom stereocenters. The molecule has 0 radical (unpaired) electrons. The van der Waals surface area contributed by atoms with Crippen LogP contribution in [0.5, 0.6) is 0 Å². The minimum Gasteiger partial charge on any atom is -0.461 e. The summed E-state index contributed by atoms with van der Waals surface area (Å²) < 4.78 is 19.0. The van der Waals surface area contributed by atoms with Gasteiger partial charge in [-0.3, -0.25) is 4.68 Å². The average molecular weight is 449 g/mol. The SMILES string of the molecule is CCOCC1(CC)CC=C(c2c(C(=O)OCCC(N)CN(C)C)nn3c2COCC3)CC1. The second kappa shape index (κ2) is 11.4. The van der Waals surface area contributed by atoms with E-state index < -0.39 is 0 Å². The number of hydrogen-bond acceptors (Lipinski definition) is 7. The molecule has 2 N–H and O–H groups in total. The summed E-state index contributed by atoms with van der Waals surface area (Å²) >= 11 is 0. The van der Waals surface area contributed by atoms with Gasteiger partial charge < -0.3 is 24.8 Å². The lowest BCUT2D eigenvalue weighted by Crippen LogP contribution is -2.34. The van der Waals surface area contributed by atoms with Gasteiger partial charge in [-0.05, 0) is 64.1 Å². The third kappa shape index (κ3) is 5.98. The number of aromatic nitrogens is 2. The molecule has 0 aromatic carbocycles. The maximum Gasteiger partial charge on any atom is 0.359 e. The zero-order valence-corrected chi connectivity index (χ0v) is 20.2. The van der Waals surface area contributed by atoms with Crippen LogP contribution in [-0.4, -0.2) is 73.8 Å². The van der Waals surface area contributed by atoms with Gasteiger partial charge in [0.25, 0.3) is 0 Å². The highest BCUT2D eigenvalue weighted by molar-refractivity contribution is 5.94. The minimum atomic E-state index is -0.374. The number of rotatable bonds is 11. The van der Waals surface area contributed by atoms with E-state index in [1.54, 1.807) is 0 Å². The Morgan fingerprint density at radius 2 is 2.22 bits per heavy atom. The predicted octanol–water partition coefficient (Wildman–Crippen LogP) is 2.85. The van der Waals surface area contributed by atoms with E-state index in [0.717, 1.165) is 56.7 Å². The van der Waals surface area contributed by atoms with Crippen LogP contribution in [0.3, 0.4) is 0 Å². The second-order valence-corrected chi connectivity index (χ2v) is 9.32. The molecule has 32 heavy (non-hydrogen) atoms. The number of nitrogens with two attached hydrogens (primary N) is 1. The standard InChI is InChI=1S/C24H40N4O4/c1-5-24(17-30-6-2)10-7-18(8-11-24)21-20-16-31-14-12-28(20)26-22(21)23(29)32-13-9-19(25)15-27(3)4/h7,19H,5-6,8-17,25H2,1-4H3. The number of allylic oxidation sites excluding steroid dienone is 2. The second-order valence-electron chi connectivity index (χ2n) is 9.32. The number of nitrogens with zero attached hydrogens (tertiary/aromatic N) is 3. The lowest BCUT2D eigenvalue weighted by atomic mass is 9.72. The molecule has 8 nitrogen and oxygen atoms in total. The van der Waals surface area contributed by atoms with Crippen LogP contribution in [0.1, 0.15) is 67.7 Å². The summed E-state index contributed by atoms with van der Waals surface area (Å²) in [5.41, 5.74) is 9.76. The highest BCUT2D eigenvalue weighted by Gasteiger charge is 2.34. The summed E-state index contributed by atoms with van der Waals surface area (Å²) in [5.74, 6) is -0.374. The Labute approximate surface area is 192 Å². The van der Waals surface area contributed by atoms with Crippen molar-refractivity contribution in [3.05, 3.63) is 23.0 Å². The first-order chi connectivity index (χ1) is 15.4. The Balaban J connectivity index is 1.77. The molecule has 0 bridgehead atoms. The van der Waals surface area contributed by atoms with Gasteiger partial charge in [-0.2, -0.15) is 5.10 Å². The third-order valence-electron chi connectivity index (χ3n) is 6.65. The summed E-state index contributed by atoms with van der Waals surface area (Å²) in [4.78, 5) is 15.1. The molecule has 2 heterocycles. The lowest BCUT2D eigenvalue weighted by Gasteiger charge is -2.35. The van der Waals surface area contributed by atoms with Crippen molar-refractivity contribution in [2.45, 2.75) is 65.1 Å². The van der Waals surface area contributed by atoms with Crippen molar-refractivity contribution in [2.24, 2.45) is 11.1 Å². The molecule has 0 spiro atoms. The van der Waals surface area contributed by atoms with Crippen molar-refractivity contribution in [3.8, 4) is 0 Å². The molecule has 1 aliphatic heterocycles. The van der Waals surface area contributed by atoms with Crippen molar-refractivity contribution in [3.63, 3.8) is 0 Å². The van der Waals surface area contributed by atoms with Gasteiger partial charge in [-0.1, -0.05) is 13.0 Å². The zero-order chi connectivity index (χ0) is 23.1. The van der Waals surface area contributed by atoms with Crippen LogP contribution in [-0.2, 0) is 27.4 Å². The normalized spacial score (nSPS) is 21.9. The summed E-state index contributed by atoms with van der Waals surface area (Å²) in [6.45, 7) is 8.56. The Hall–Kier alpha value is -1.74. The number of carbonyl (C=O) groups excluding carboxylic acids is 1. The van der Waals surface area contributed by atoms with Gasteiger partial charge in [0.2, 0.25) is 0 Å². The van der Waals surface area contributed by atoms with E-state index in [1.807, 2.05) is 30.6 Å². The number of hydrogen-bond donors (Lipinski definition) is 1. The fourth-order valence-electron chi connectivity index (χ4n) is 4.60. The van der Waals surface area contributed by atoms with Gasteiger partial charge in [0, 0.05) is 24.8 Å². The Kier molecular flexibility index (Phi) is 8.87. The smallest absolute Gasteiger partial charge is 0.359 e. The summed E-state index contributed by atoms with van der Waals surface area (Å²) in [6.07, 6.45) is 6.85. The van der Waals surface area contributed by atoms with Crippen LogP contribution in [0.25, 0.3) is 5.57 Å². The van der Waals surface area contributed by atoms with E-state index in [9.17, 15) is 4.79 Å². The van der Waals surface area contributed by atoms with E-state index in [1.165, 1.54) is 5.57 Å². The van der Waals surface area contributed by atoms with E-state index in [4.69, 9.17) is 19.9 Å². The topological polar surface area (TPSA) is 91.8 Å². The van der Waals surface area contributed by atoms with E-state index >= 15 is 0 Å². The first-order valence-corrected chi connectivity index (χ1v) is 11.9. The zero-order valence-electron chi connectivity index (χ0n) is 20.2. The fourth-order valence-corrected chi connectivity index (χ4v) is 4.60. The maximum absolute atomic E-state index is 13.0. The van der Waals surface area contributed by atoms with E-state index in [0.29, 0.717) is 38.5 Å². The van der Waals surface area contributed by atoms with Crippen LogP contribution < -0.4 is 5.73 Å². The van der Waals surface area contributed by atoms with Crippen molar-refractivity contribution in [2.75, 3.05) is 47.1 Å². The number of ether oxygens (including phenoxy) is 3. The van der Waals surface area contributed by atoms with Crippen LogP contribution in [0.4, 0.5) is 0 Å². The van der Waals surface area contributed by atoms with Crippen molar-refractivity contribution < 1.29 is 19.0 Å². The summed E-state index contributed by atoms with van der Waals surface area (Å²) in [7, 11) is 3.96. The molecule has 0 saturated heterocycles. The molecule has 1 aromatic rings. The fraction of sp³-hybridized carbons (Fsp3) is 0.750. The highest BCUT2D eigenvalue weighted by Crippen LogP contribution is 2.43. The number of esters is 1. The molecule has 0 amide bonds. The maximum atomic E-state index is 13.0. The molecular formula is C24H40N4O4. The first kappa shape index (κ1) is 24.9. The lowest BCUT2D eigenvalue weighted by molar-refractivity contribution is 0.0421. The third-order valence-corrected chi connectivity index (χ3v) is 6.65. The van der Waals surface area contributed by atoms with Crippen LogP contribution >= 0.6 is 0 Å². The molecule has 1 aliphatic carbocycles. The molecular weight excluding hydrogens is 408 g/mol. The molecule has 180 valence electrons. The number of carbonyl (C=O) groups is 1. The van der Waals surface area contributed by atoms with Crippen LogP contribution in [0.15, 0.2) is 6.08 Å². The van der Waals surface area contributed by atoms with E-state index in [2.05, 4.69) is 18.1 Å². The predicted molar refractivity (Wildman–Crippen MR) is 124 cm³/mol. The van der Waals surface area contributed by atoms with Crippen LogP contribution in [0, 0.1) is 5.41 Å². The number of fused-ring (bicyclic) bond motifs is 1. The molecule has 1 aromatic heterocycles. The highest BCUT2D eigenvalue weighted by atomic mass is 16.5. The van der Waals surface area contributed by atoms with Crippen molar-refractivity contribution in [1.29, 1.82) is 0 Å². The molecule has 0 fully saturated rings. The van der Waals surface area contributed by atoms with Crippen LogP contribution in [0.2, 0.25) is 0 Å². The van der Waals surface area contributed by atoms with Crippen molar-refractivity contribution >= 4 is 11.5 Å². The minimum absolute atomic E-state index is 0.0329. The molecule has 2 aliphatic rings. The van der Waals surface area contributed by atoms with Gasteiger partial charge >= 0.3 is 5.97 Å². The molecule has 3 rings (SSSR count). The largest absolute Gasteiger partial charge is 0.461 e. The molecule has 2 unspecified atom stereocenters. The Morgan fingerprint density at radius 1 is 1.41 bits per heavy atom. The first-order valence-electron chi connectivity index (χ1n) is 11.9. The Morgan fingerprint density at radius 3 is 2.88 bits per heavy atom. The average Bonchev–Trinajstić information content (AvgIpc) is 3.17. The summed E-state index contributed by atoms with van der Waals surface area (Å²) in [6, 6.07) is -0.0329. The van der Waals surface area contributed by atoms with Gasteiger partial charge in [-0.25, -0.2) is 4.79 Å². The number of likely N-dealkylation sites (N-methyl/N-ethyl adjacent to an activating group) is 1. The van der Waals surface area contributed by atoms with E-state index in [-0.39, 0.29) is 17.4 Å². The Bertz CT molecular complexity index is 804. The van der Waals surface area contributed by atoms with Gasteiger partial charge in [0.05, 0.1) is 38.7 Å². The summed E-state index contributed by atoms with van der Waals surface area (Å²) in [5, 5.41) is 4.64. The monoisotopic (exact) mass is 448 g/mol. The van der Waals surface area contributed by atoms with Gasteiger partial charge in [0.15, 0.2) is 5.69 Å². The molecule has 8 heteroatoms. The molecule has 0 saturated carbocycles. The van der Waals surface area contributed by atoms with Crippen molar-refractivity contribution in [1.82, 2.24) is 14.7 Å².